The number of rotatable bonds is 8. The summed E-state index contributed by atoms with van der Waals surface area (Å²) in [6.45, 7) is 2.03. The third-order valence-corrected chi connectivity index (χ3v) is 5.20. The predicted molar refractivity (Wildman–Crippen MR) is 112 cm³/mol. The van der Waals surface area contributed by atoms with Crippen LogP contribution in [0, 0.1) is 0 Å². The predicted octanol–water partition coefficient (Wildman–Crippen LogP) is 3.56. The maximum atomic E-state index is 12.6. The highest BCUT2D eigenvalue weighted by molar-refractivity contribution is 8.00. The Morgan fingerprint density at radius 3 is 2.62 bits per heavy atom. The molecule has 0 saturated heterocycles. The molecule has 0 radical (unpaired) electrons. The summed E-state index contributed by atoms with van der Waals surface area (Å²) < 4.78 is 5.65. The normalized spacial score (nSPS) is 11.6. The number of phenolic OH excluding ortho intramolecular Hbond substituents is 1. The molecular weight excluding hydrogens is 390 g/mol. The molecule has 1 aromatic heterocycles. The fraction of sp³-hybridized carbons (Fsp3) is 0.190. The van der Waals surface area contributed by atoms with Crippen molar-refractivity contribution in [3.8, 4) is 11.5 Å². The molecule has 1 unspecified atom stereocenters. The van der Waals surface area contributed by atoms with Gasteiger partial charge in [0.2, 0.25) is 5.91 Å². The molecule has 29 heavy (non-hydrogen) atoms. The number of phenols is 1. The maximum Gasteiger partial charge on any atom is 0.251 e. The number of ether oxygens (including phenoxy) is 1. The van der Waals surface area contributed by atoms with Crippen LogP contribution in [0.4, 0.5) is 5.69 Å². The molecule has 7 nitrogen and oxygen atoms in total. The Balaban J connectivity index is 1.66. The zero-order valence-corrected chi connectivity index (χ0v) is 16.6. The number of para-hydroxylation sites is 1. The van der Waals surface area contributed by atoms with E-state index in [-0.39, 0.29) is 23.8 Å². The number of nitrogens with one attached hydrogen (secondary N) is 2. The lowest BCUT2D eigenvalue weighted by Crippen LogP contribution is -2.25. The Morgan fingerprint density at radius 1 is 1.21 bits per heavy atom. The van der Waals surface area contributed by atoms with Crippen molar-refractivity contribution < 1.29 is 14.6 Å². The lowest BCUT2D eigenvalue weighted by molar-refractivity contribution is -0.115. The molecular formula is C21H21N3O4S. The molecule has 0 saturated carbocycles. The van der Waals surface area contributed by atoms with Gasteiger partial charge in [0.25, 0.3) is 5.56 Å². The molecule has 0 fully saturated rings. The molecule has 3 N–H and O–H groups in total. The van der Waals surface area contributed by atoms with Gasteiger partial charge in [0.15, 0.2) is 5.16 Å². The number of anilines is 1. The molecule has 1 atom stereocenters. The highest BCUT2D eigenvalue weighted by Gasteiger charge is 2.20. The second-order valence-corrected chi connectivity index (χ2v) is 7.39. The smallest absolute Gasteiger partial charge is 0.251 e. The van der Waals surface area contributed by atoms with Crippen molar-refractivity contribution in [3.05, 3.63) is 76.7 Å². The fourth-order valence-electron chi connectivity index (χ4n) is 2.51. The van der Waals surface area contributed by atoms with Gasteiger partial charge in [-0.3, -0.25) is 9.59 Å². The summed E-state index contributed by atoms with van der Waals surface area (Å²) in [6.07, 6.45) is 0.545. The van der Waals surface area contributed by atoms with E-state index in [4.69, 9.17) is 4.74 Å². The van der Waals surface area contributed by atoms with Gasteiger partial charge in [0.05, 0.1) is 10.9 Å². The van der Waals surface area contributed by atoms with Crippen molar-refractivity contribution in [2.24, 2.45) is 0 Å². The van der Waals surface area contributed by atoms with Crippen LogP contribution in [0.25, 0.3) is 0 Å². The van der Waals surface area contributed by atoms with Gasteiger partial charge < -0.3 is 20.1 Å². The zero-order chi connectivity index (χ0) is 20.6. The van der Waals surface area contributed by atoms with Crippen LogP contribution in [-0.2, 0) is 11.4 Å². The highest BCUT2D eigenvalue weighted by Crippen LogP contribution is 2.24. The first-order valence-electron chi connectivity index (χ1n) is 9.08. The van der Waals surface area contributed by atoms with Crippen molar-refractivity contribution in [3.63, 3.8) is 0 Å². The number of benzene rings is 2. The van der Waals surface area contributed by atoms with Crippen LogP contribution in [-0.4, -0.2) is 26.2 Å². The van der Waals surface area contributed by atoms with E-state index in [9.17, 15) is 14.7 Å². The van der Waals surface area contributed by atoms with E-state index in [0.717, 1.165) is 0 Å². The second-order valence-electron chi connectivity index (χ2n) is 6.19. The van der Waals surface area contributed by atoms with Crippen molar-refractivity contribution in [2.45, 2.75) is 30.4 Å². The number of hydrogen-bond donors (Lipinski definition) is 3. The molecule has 2 aromatic carbocycles. The summed E-state index contributed by atoms with van der Waals surface area (Å²) in [4.78, 5) is 31.6. The monoisotopic (exact) mass is 411 g/mol. The van der Waals surface area contributed by atoms with Crippen molar-refractivity contribution >= 4 is 23.4 Å². The average molecular weight is 411 g/mol. The van der Waals surface area contributed by atoms with Gasteiger partial charge in [-0.2, -0.15) is 0 Å². The van der Waals surface area contributed by atoms with Gasteiger partial charge in [0, 0.05) is 11.8 Å². The minimum atomic E-state index is -0.447. The summed E-state index contributed by atoms with van der Waals surface area (Å²) in [5.74, 6) is 0.598. The Bertz CT molecular complexity index is 1010. The third-order valence-electron chi connectivity index (χ3n) is 3.95. The largest absolute Gasteiger partial charge is 0.508 e. The minimum absolute atomic E-state index is 0.126. The molecule has 150 valence electrons. The summed E-state index contributed by atoms with van der Waals surface area (Å²) in [6, 6.07) is 16.9. The van der Waals surface area contributed by atoms with Gasteiger partial charge in [-0.15, -0.1) is 0 Å². The third kappa shape index (κ3) is 6.11. The number of hydrogen-bond acceptors (Lipinski definition) is 6. The summed E-state index contributed by atoms with van der Waals surface area (Å²) >= 11 is 1.19. The van der Waals surface area contributed by atoms with Crippen LogP contribution in [0.15, 0.2) is 70.6 Å². The number of thioether (sulfide) groups is 1. The van der Waals surface area contributed by atoms with Gasteiger partial charge in [0.1, 0.15) is 18.1 Å². The van der Waals surface area contributed by atoms with Crippen molar-refractivity contribution in [2.75, 3.05) is 5.32 Å². The van der Waals surface area contributed by atoms with Crippen LogP contribution in [0.3, 0.4) is 0 Å². The molecule has 0 aliphatic heterocycles. The molecule has 1 heterocycles. The molecule has 8 heteroatoms. The molecule has 0 bridgehead atoms. The van der Waals surface area contributed by atoms with E-state index in [2.05, 4.69) is 15.3 Å². The van der Waals surface area contributed by atoms with Crippen LogP contribution < -0.4 is 15.6 Å². The number of carbonyl (C=O) groups is 1. The molecule has 0 spiro atoms. The average Bonchev–Trinajstić information content (AvgIpc) is 2.72. The number of aromatic nitrogens is 2. The number of carbonyl (C=O) groups excluding carboxylic acids is 1. The van der Waals surface area contributed by atoms with E-state index in [1.54, 1.807) is 12.1 Å². The van der Waals surface area contributed by atoms with Crippen LogP contribution in [0.5, 0.6) is 11.5 Å². The van der Waals surface area contributed by atoms with E-state index in [1.165, 1.54) is 30.0 Å². The topological polar surface area (TPSA) is 104 Å². The number of H-pyrrole nitrogens is 1. The minimum Gasteiger partial charge on any atom is -0.508 e. The molecule has 3 rings (SSSR count). The molecule has 3 aromatic rings. The lowest BCUT2D eigenvalue weighted by Gasteiger charge is -2.14. The van der Waals surface area contributed by atoms with Crippen molar-refractivity contribution in [1.29, 1.82) is 0 Å². The number of aromatic amines is 1. The van der Waals surface area contributed by atoms with Crippen LogP contribution in [0.1, 0.15) is 19.0 Å². The first-order valence-corrected chi connectivity index (χ1v) is 9.96. The fourth-order valence-corrected chi connectivity index (χ4v) is 3.44. The second kappa shape index (κ2) is 9.79. The van der Waals surface area contributed by atoms with E-state index < -0.39 is 5.25 Å². The SMILES string of the molecule is CCC(Sc1nc(COc2ccccc2)cc(=O)[nH]1)C(=O)Nc1ccc(O)cc1. The Morgan fingerprint density at radius 2 is 1.93 bits per heavy atom. The standard InChI is InChI=1S/C21H21N3O4S/c1-2-18(20(27)22-14-8-10-16(25)11-9-14)29-21-23-15(12-19(26)24-21)13-28-17-6-4-3-5-7-17/h3-12,18,25H,2,13H2,1H3,(H,22,27)(H,23,24,26). The Kier molecular flexibility index (Phi) is 6.91. The first kappa shape index (κ1) is 20.5. The van der Waals surface area contributed by atoms with Crippen LogP contribution in [0.2, 0.25) is 0 Å². The van der Waals surface area contributed by atoms with Crippen molar-refractivity contribution in [1.82, 2.24) is 9.97 Å². The lowest BCUT2D eigenvalue weighted by atomic mass is 10.2. The highest BCUT2D eigenvalue weighted by atomic mass is 32.2. The summed E-state index contributed by atoms with van der Waals surface area (Å²) in [5, 5.41) is 12.1. The first-order chi connectivity index (χ1) is 14.0. The Hall–Kier alpha value is -3.26. The van der Waals surface area contributed by atoms with Gasteiger partial charge in [-0.25, -0.2) is 4.98 Å². The maximum absolute atomic E-state index is 12.6. The summed E-state index contributed by atoms with van der Waals surface area (Å²) in [5.41, 5.74) is 0.759. The van der Waals surface area contributed by atoms with Gasteiger partial charge >= 0.3 is 0 Å². The zero-order valence-electron chi connectivity index (χ0n) is 15.8. The molecule has 0 aliphatic rings. The number of amides is 1. The summed E-state index contributed by atoms with van der Waals surface area (Å²) in [7, 11) is 0. The van der Waals surface area contributed by atoms with E-state index >= 15 is 0 Å². The van der Waals surface area contributed by atoms with E-state index in [1.807, 2.05) is 37.3 Å². The number of aromatic hydroxyl groups is 1. The molecule has 0 aliphatic carbocycles. The van der Waals surface area contributed by atoms with Gasteiger partial charge in [-0.1, -0.05) is 36.9 Å². The van der Waals surface area contributed by atoms with E-state index in [0.29, 0.717) is 28.7 Å². The van der Waals surface area contributed by atoms with Crippen LogP contribution >= 0.6 is 11.8 Å². The quantitative estimate of drug-likeness (QED) is 0.297. The molecule has 1 amide bonds. The van der Waals surface area contributed by atoms with Gasteiger partial charge in [-0.05, 0) is 42.8 Å². The Labute approximate surface area is 172 Å². The number of nitrogens with zero attached hydrogens (tertiary/aromatic N) is 1.